The number of aliphatic carboxylic acids is 1. The van der Waals surface area contributed by atoms with E-state index < -0.39 is 12.0 Å². The van der Waals surface area contributed by atoms with Crippen LogP contribution in [0, 0.1) is 6.92 Å². The lowest BCUT2D eigenvalue weighted by Gasteiger charge is -2.17. The summed E-state index contributed by atoms with van der Waals surface area (Å²) in [5.41, 5.74) is 2.29. The van der Waals surface area contributed by atoms with E-state index in [1.807, 2.05) is 43.3 Å². The van der Waals surface area contributed by atoms with E-state index in [1.165, 1.54) is 0 Å². The lowest BCUT2D eigenvalue weighted by molar-refractivity contribution is -0.137. The standard InChI is InChI=1S/C17H17NO3/c1-12-6-5-9-14(10-12)17(21)18-15(11-16(19)20)13-7-3-2-4-8-13/h2-10,15H,11H2,1H3,(H,18,21)(H,19,20)/t15-/m0/s1. The first-order valence-electron chi connectivity index (χ1n) is 6.70. The van der Waals surface area contributed by atoms with Crippen LogP contribution in [-0.2, 0) is 4.79 Å². The molecule has 0 unspecified atom stereocenters. The number of carboxylic acid groups (broad SMARTS) is 1. The maximum absolute atomic E-state index is 12.3. The van der Waals surface area contributed by atoms with Gasteiger partial charge in [0.05, 0.1) is 12.5 Å². The third-order valence-corrected chi connectivity index (χ3v) is 3.17. The van der Waals surface area contributed by atoms with E-state index in [0.29, 0.717) is 5.56 Å². The number of rotatable bonds is 5. The molecule has 1 amide bonds. The van der Waals surface area contributed by atoms with Crippen LogP contribution in [0.5, 0.6) is 0 Å². The molecule has 2 N–H and O–H groups in total. The van der Waals surface area contributed by atoms with Gasteiger partial charge in [-0.05, 0) is 24.6 Å². The molecule has 0 aliphatic rings. The summed E-state index contributed by atoms with van der Waals surface area (Å²) >= 11 is 0. The zero-order valence-electron chi connectivity index (χ0n) is 11.7. The van der Waals surface area contributed by atoms with Crippen LogP contribution in [0.3, 0.4) is 0 Å². The van der Waals surface area contributed by atoms with E-state index in [4.69, 9.17) is 5.11 Å². The highest BCUT2D eigenvalue weighted by atomic mass is 16.4. The molecule has 2 aromatic rings. The molecule has 0 heterocycles. The fraction of sp³-hybridized carbons (Fsp3) is 0.176. The zero-order chi connectivity index (χ0) is 15.2. The average Bonchev–Trinajstić information content (AvgIpc) is 2.47. The maximum Gasteiger partial charge on any atom is 0.305 e. The molecule has 4 heteroatoms. The number of hydrogen-bond acceptors (Lipinski definition) is 2. The van der Waals surface area contributed by atoms with Gasteiger partial charge in [-0.3, -0.25) is 9.59 Å². The first-order chi connectivity index (χ1) is 10.1. The maximum atomic E-state index is 12.3. The molecule has 0 aliphatic carbocycles. The molecule has 0 aromatic heterocycles. The highest BCUT2D eigenvalue weighted by Crippen LogP contribution is 2.17. The van der Waals surface area contributed by atoms with Crippen LogP contribution in [-0.4, -0.2) is 17.0 Å². The van der Waals surface area contributed by atoms with Crippen molar-refractivity contribution in [3.8, 4) is 0 Å². The van der Waals surface area contributed by atoms with Gasteiger partial charge in [0.15, 0.2) is 0 Å². The van der Waals surface area contributed by atoms with E-state index >= 15 is 0 Å². The SMILES string of the molecule is Cc1cccc(C(=O)N[C@@H](CC(=O)O)c2ccccc2)c1. The summed E-state index contributed by atoms with van der Waals surface area (Å²) in [5, 5.41) is 11.8. The van der Waals surface area contributed by atoms with Crippen LogP contribution in [0.15, 0.2) is 54.6 Å². The predicted molar refractivity (Wildman–Crippen MR) is 80.1 cm³/mol. The topological polar surface area (TPSA) is 66.4 Å². The Labute approximate surface area is 123 Å². The molecule has 4 nitrogen and oxygen atoms in total. The molecule has 108 valence electrons. The lowest BCUT2D eigenvalue weighted by Crippen LogP contribution is -2.30. The van der Waals surface area contributed by atoms with Crippen molar-refractivity contribution in [2.24, 2.45) is 0 Å². The monoisotopic (exact) mass is 283 g/mol. The normalized spacial score (nSPS) is 11.7. The largest absolute Gasteiger partial charge is 0.481 e. The molecule has 0 bridgehead atoms. The van der Waals surface area contributed by atoms with E-state index in [-0.39, 0.29) is 12.3 Å². The number of carbonyl (C=O) groups excluding carboxylic acids is 1. The van der Waals surface area contributed by atoms with Gasteiger partial charge in [0.2, 0.25) is 0 Å². The fourth-order valence-electron chi connectivity index (χ4n) is 2.14. The van der Waals surface area contributed by atoms with Crippen molar-refractivity contribution in [2.45, 2.75) is 19.4 Å². The van der Waals surface area contributed by atoms with E-state index in [9.17, 15) is 9.59 Å². The Hall–Kier alpha value is -2.62. The number of carbonyl (C=O) groups is 2. The third kappa shape index (κ3) is 4.18. The Kier molecular flexibility index (Phi) is 4.72. The van der Waals surface area contributed by atoms with Gasteiger partial charge in [-0.15, -0.1) is 0 Å². The zero-order valence-corrected chi connectivity index (χ0v) is 11.7. The first-order valence-corrected chi connectivity index (χ1v) is 6.70. The van der Waals surface area contributed by atoms with Gasteiger partial charge in [-0.2, -0.15) is 0 Å². The van der Waals surface area contributed by atoms with Crippen LogP contribution < -0.4 is 5.32 Å². The van der Waals surface area contributed by atoms with Crippen LogP contribution in [0.4, 0.5) is 0 Å². The minimum absolute atomic E-state index is 0.151. The van der Waals surface area contributed by atoms with Crippen LogP contribution >= 0.6 is 0 Å². The number of aryl methyl sites for hydroxylation is 1. The number of benzene rings is 2. The van der Waals surface area contributed by atoms with Crippen LogP contribution in [0.25, 0.3) is 0 Å². The summed E-state index contributed by atoms with van der Waals surface area (Å²) < 4.78 is 0. The summed E-state index contributed by atoms with van der Waals surface area (Å²) in [6.07, 6.45) is -0.151. The quantitative estimate of drug-likeness (QED) is 0.886. The van der Waals surface area contributed by atoms with Crippen LogP contribution in [0.2, 0.25) is 0 Å². The van der Waals surface area contributed by atoms with Crippen molar-refractivity contribution in [3.63, 3.8) is 0 Å². The second-order valence-electron chi connectivity index (χ2n) is 4.90. The first kappa shape index (κ1) is 14.8. The van der Waals surface area contributed by atoms with Gasteiger partial charge in [0, 0.05) is 5.56 Å². The molecule has 0 fully saturated rings. The molecule has 1 atom stereocenters. The molecule has 21 heavy (non-hydrogen) atoms. The average molecular weight is 283 g/mol. The second-order valence-corrected chi connectivity index (χ2v) is 4.90. The smallest absolute Gasteiger partial charge is 0.305 e. The van der Waals surface area contributed by atoms with E-state index in [2.05, 4.69) is 5.32 Å². The van der Waals surface area contributed by atoms with Gasteiger partial charge in [0.1, 0.15) is 0 Å². The summed E-state index contributed by atoms with van der Waals surface area (Å²) in [5.74, 6) is -1.22. The molecule has 0 spiro atoms. The highest BCUT2D eigenvalue weighted by Gasteiger charge is 2.18. The fourth-order valence-corrected chi connectivity index (χ4v) is 2.14. The summed E-state index contributed by atoms with van der Waals surface area (Å²) in [4.78, 5) is 23.3. The number of carboxylic acids is 1. The van der Waals surface area contributed by atoms with Crippen molar-refractivity contribution in [3.05, 3.63) is 71.3 Å². The van der Waals surface area contributed by atoms with Crippen molar-refractivity contribution in [1.82, 2.24) is 5.32 Å². The minimum atomic E-state index is -0.951. The minimum Gasteiger partial charge on any atom is -0.481 e. The van der Waals surface area contributed by atoms with Crippen LogP contribution in [0.1, 0.15) is 33.9 Å². The van der Waals surface area contributed by atoms with Crippen molar-refractivity contribution < 1.29 is 14.7 Å². The lowest BCUT2D eigenvalue weighted by atomic mass is 10.0. The molecule has 0 saturated heterocycles. The Bertz CT molecular complexity index is 637. The Morgan fingerprint density at radius 2 is 1.81 bits per heavy atom. The van der Waals surface area contributed by atoms with E-state index in [0.717, 1.165) is 11.1 Å². The number of hydrogen-bond donors (Lipinski definition) is 2. The predicted octanol–water partition coefficient (Wildman–Crippen LogP) is 2.94. The van der Waals surface area contributed by atoms with E-state index in [1.54, 1.807) is 18.2 Å². The molecule has 0 radical (unpaired) electrons. The number of amides is 1. The Morgan fingerprint density at radius 3 is 2.43 bits per heavy atom. The third-order valence-electron chi connectivity index (χ3n) is 3.17. The summed E-state index contributed by atoms with van der Waals surface area (Å²) in [6, 6.07) is 15.8. The molecule has 0 saturated carbocycles. The highest BCUT2D eigenvalue weighted by molar-refractivity contribution is 5.94. The molecule has 2 rings (SSSR count). The molecule has 2 aromatic carbocycles. The van der Waals surface area contributed by atoms with Crippen molar-refractivity contribution >= 4 is 11.9 Å². The molecule has 0 aliphatic heterocycles. The van der Waals surface area contributed by atoms with Gasteiger partial charge < -0.3 is 10.4 Å². The van der Waals surface area contributed by atoms with Gasteiger partial charge in [-0.25, -0.2) is 0 Å². The molecular weight excluding hydrogens is 266 g/mol. The van der Waals surface area contributed by atoms with Crippen molar-refractivity contribution in [2.75, 3.05) is 0 Å². The summed E-state index contributed by atoms with van der Waals surface area (Å²) in [6.45, 7) is 1.91. The van der Waals surface area contributed by atoms with Gasteiger partial charge in [0.25, 0.3) is 5.91 Å². The van der Waals surface area contributed by atoms with Crippen molar-refractivity contribution in [1.29, 1.82) is 0 Å². The summed E-state index contributed by atoms with van der Waals surface area (Å²) in [7, 11) is 0. The second kappa shape index (κ2) is 6.70. The molecular formula is C17H17NO3. The Morgan fingerprint density at radius 1 is 1.10 bits per heavy atom. The van der Waals surface area contributed by atoms with Gasteiger partial charge in [-0.1, -0.05) is 48.0 Å². The Balaban J connectivity index is 2.19. The van der Waals surface area contributed by atoms with Gasteiger partial charge >= 0.3 is 5.97 Å². The number of nitrogens with one attached hydrogen (secondary N) is 1.